The predicted octanol–water partition coefficient (Wildman–Crippen LogP) is 11.8. The standard InChI is InChI=1S/C48H56F2O5Si/c1-47(2,3)56(6,7)55-34-40-28-36(26-38(30-40)32-50)14-20-44(51)19-13-35-25-37(31-49)29-39(27-35)33-54-48(41-11-9-8-10-12-41,42-15-21-45(52-4)22-16-42)43-17-23-46(53-5)24-18-43/h8-12,15-18,21-30H,13-14,19-20,31-34H2,1-7H3. The second-order valence-electron chi connectivity index (χ2n) is 16.0. The van der Waals surface area contributed by atoms with Crippen molar-refractivity contribution in [3.63, 3.8) is 0 Å². The summed E-state index contributed by atoms with van der Waals surface area (Å²) < 4.78 is 52.6. The van der Waals surface area contributed by atoms with E-state index in [0.29, 0.717) is 43.4 Å². The Kier molecular flexibility index (Phi) is 14.4. The molecule has 296 valence electrons. The molecular formula is C48H56F2O5Si. The number of halogens is 2. The third kappa shape index (κ3) is 10.6. The quantitative estimate of drug-likeness (QED) is 0.0617. The molecule has 5 rings (SSSR count). The van der Waals surface area contributed by atoms with Crippen LogP contribution in [0.25, 0.3) is 0 Å². The number of hydrogen-bond donors (Lipinski definition) is 0. The van der Waals surface area contributed by atoms with Crippen LogP contribution in [-0.4, -0.2) is 28.3 Å². The number of benzene rings is 5. The number of alkyl halides is 2. The molecule has 5 aromatic rings. The lowest BCUT2D eigenvalue weighted by molar-refractivity contribution is -0.119. The van der Waals surface area contributed by atoms with Crippen LogP contribution in [0.3, 0.4) is 0 Å². The van der Waals surface area contributed by atoms with Crippen molar-refractivity contribution in [3.8, 4) is 11.5 Å². The monoisotopic (exact) mass is 778 g/mol. The van der Waals surface area contributed by atoms with Gasteiger partial charge in [0, 0.05) is 12.8 Å². The number of methoxy groups -OCH3 is 2. The topological polar surface area (TPSA) is 54.0 Å². The van der Waals surface area contributed by atoms with Gasteiger partial charge in [-0.1, -0.05) is 112 Å². The number of Topliss-reactive ketones (excluding diaryl/α,β-unsaturated/α-hetero) is 1. The first kappa shape index (κ1) is 42.5. The zero-order valence-electron chi connectivity index (χ0n) is 33.9. The van der Waals surface area contributed by atoms with Crippen LogP contribution in [0, 0.1) is 0 Å². The number of ether oxygens (including phenoxy) is 3. The van der Waals surface area contributed by atoms with Crippen LogP contribution in [0.2, 0.25) is 18.1 Å². The molecule has 56 heavy (non-hydrogen) atoms. The fourth-order valence-electron chi connectivity index (χ4n) is 6.73. The van der Waals surface area contributed by atoms with Crippen LogP contribution >= 0.6 is 0 Å². The fourth-order valence-corrected chi connectivity index (χ4v) is 7.69. The Bertz CT molecular complexity index is 1980. The highest BCUT2D eigenvalue weighted by molar-refractivity contribution is 6.74. The van der Waals surface area contributed by atoms with Gasteiger partial charge in [-0.2, -0.15) is 0 Å². The van der Waals surface area contributed by atoms with Crippen LogP contribution in [0.4, 0.5) is 8.78 Å². The maximum Gasteiger partial charge on any atom is 0.192 e. The molecule has 0 radical (unpaired) electrons. The van der Waals surface area contributed by atoms with Gasteiger partial charge >= 0.3 is 0 Å². The number of rotatable bonds is 19. The van der Waals surface area contributed by atoms with Gasteiger partial charge < -0.3 is 18.6 Å². The Morgan fingerprint density at radius 1 is 0.571 bits per heavy atom. The van der Waals surface area contributed by atoms with Crippen molar-refractivity contribution in [2.45, 2.75) is 96.8 Å². The predicted molar refractivity (Wildman–Crippen MR) is 223 cm³/mol. The van der Waals surface area contributed by atoms with E-state index in [1.54, 1.807) is 14.2 Å². The zero-order chi connectivity index (χ0) is 40.3. The number of aryl methyl sites for hydroxylation is 2. The summed E-state index contributed by atoms with van der Waals surface area (Å²) >= 11 is 0. The highest BCUT2D eigenvalue weighted by Crippen LogP contribution is 2.42. The molecule has 0 unspecified atom stereocenters. The molecule has 0 heterocycles. The van der Waals surface area contributed by atoms with E-state index in [4.69, 9.17) is 18.6 Å². The first-order valence-corrected chi connectivity index (χ1v) is 22.2. The Morgan fingerprint density at radius 3 is 1.41 bits per heavy atom. The average molecular weight is 779 g/mol. The van der Waals surface area contributed by atoms with Gasteiger partial charge in [-0.3, -0.25) is 4.79 Å². The molecule has 0 aliphatic rings. The largest absolute Gasteiger partial charge is 0.497 e. The molecule has 0 amide bonds. The lowest BCUT2D eigenvalue weighted by atomic mass is 9.80. The van der Waals surface area contributed by atoms with Crippen molar-refractivity contribution in [2.75, 3.05) is 14.2 Å². The smallest absolute Gasteiger partial charge is 0.192 e. The molecule has 8 heteroatoms. The van der Waals surface area contributed by atoms with E-state index < -0.39 is 27.3 Å². The molecule has 0 atom stereocenters. The van der Waals surface area contributed by atoms with E-state index in [2.05, 4.69) is 33.9 Å². The van der Waals surface area contributed by atoms with Crippen LogP contribution in [0.1, 0.15) is 83.7 Å². The number of carbonyl (C=O) groups excluding carboxylic acids is 1. The molecule has 0 N–H and O–H groups in total. The van der Waals surface area contributed by atoms with E-state index in [1.165, 1.54) is 0 Å². The first-order valence-electron chi connectivity index (χ1n) is 19.3. The second-order valence-corrected chi connectivity index (χ2v) is 20.8. The van der Waals surface area contributed by atoms with E-state index in [1.807, 2.05) is 115 Å². The Hall–Kier alpha value is -4.63. The number of hydrogen-bond acceptors (Lipinski definition) is 5. The maximum absolute atomic E-state index is 14.3. The minimum absolute atomic E-state index is 0.0682. The maximum atomic E-state index is 14.3. The van der Waals surface area contributed by atoms with Crippen LogP contribution in [0.5, 0.6) is 11.5 Å². The molecule has 0 aromatic heterocycles. The fraction of sp³-hybridized carbons (Fsp3) is 0.354. The third-order valence-electron chi connectivity index (χ3n) is 11.0. The van der Waals surface area contributed by atoms with Crippen molar-refractivity contribution < 1.29 is 32.2 Å². The molecule has 0 bridgehead atoms. The van der Waals surface area contributed by atoms with Gasteiger partial charge in [0.25, 0.3) is 0 Å². The number of ketones is 1. The van der Waals surface area contributed by atoms with Crippen LogP contribution in [-0.2, 0) is 59.0 Å². The normalized spacial score (nSPS) is 12.1. The second kappa shape index (κ2) is 19.0. The summed E-state index contributed by atoms with van der Waals surface area (Å²) in [4.78, 5) is 13.2. The molecule has 0 saturated heterocycles. The summed E-state index contributed by atoms with van der Waals surface area (Å²) in [6, 6.07) is 37.1. The lowest BCUT2D eigenvalue weighted by Gasteiger charge is -2.36. The molecule has 5 nitrogen and oxygen atoms in total. The minimum Gasteiger partial charge on any atom is -0.497 e. The van der Waals surface area contributed by atoms with Crippen LogP contribution in [0.15, 0.2) is 115 Å². The van der Waals surface area contributed by atoms with Gasteiger partial charge in [0.2, 0.25) is 0 Å². The van der Waals surface area contributed by atoms with E-state index in [9.17, 15) is 13.6 Å². The molecule has 0 fully saturated rings. The molecule has 0 spiro atoms. The summed E-state index contributed by atoms with van der Waals surface area (Å²) in [6.07, 6.45) is 1.63. The van der Waals surface area contributed by atoms with E-state index in [0.717, 1.165) is 50.4 Å². The highest BCUT2D eigenvalue weighted by Gasteiger charge is 2.38. The van der Waals surface area contributed by atoms with Gasteiger partial charge in [-0.25, -0.2) is 8.78 Å². The van der Waals surface area contributed by atoms with Crippen molar-refractivity contribution in [1.82, 2.24) is 0 Å². The Balaban J connectivity index is 1.33. The van der Waals surface area contributed by atoms with Crippen molar-refractivity contribution >= 4 is 14.1 Å². The van der Waals surface area contributed by atoms with Gasteiger partial charge in [0.05, 0.1) is 27.4 Å². The van der Waals surface area contributed by atoms with Crippen LogP contribution < -0.4 is 9.47 Å². The Morgan fingerprint density at radius 2 is 0.982 bits per heavy atom. The first-order chi connectivity index (χ1) is 26.8. The third-order valence-corrected chi connectivity index (χ3v) is 15.4. The summed E-state index contributed by atoms with van der Waals surface area (Å²) in [5.74, 6) is 1.55. The zero-order valence-corrected chi connectivity index (χ0v) is 34.9. The lowest BCUT2D eigenvalue weighted by Crippen LogP contribution is -2.40. The van der Waals surface area contributed by atoms with Gasteiger partial charge in [0.1, 0.15) is 36.2 Å². The summed E-state index contributed by atoms with van der Waals surface area (Å²) in [6.45, 7) is 10.4. The minimum atomic E-state index is -1.98. The summed E-state index contributed by atoms with van der Waals surface area (Å²) in [5, 5.41) is 0.0682. The SMILES string of the molecule is COc1ccc(C(OCc2cc(CF)cc(CCC(=O)CCc3cc(CF)cc(CO[Si](C)(C)C(C)(C)C)c3)c2)(c2ccccc2)c2ccc(OC)cc2)cc1. The van der Waals surface area contributed by atoms with Gasteiger partial charge in [-0.15, -0.1) is 0 Å². The van der Waals surface area contributed by atoms with Crippen molar-refractivity contribution in [3.05, 3.63) is 165 Å². The molecule has 5 aromatic carbocycles. The molecule has 0 saturated carbocycles. The molecule has 0 aliphatic carbocycles. The summed E-state index contributed by atoms with van der Waals surface area (Å²) in [5.41, 5.74) is 6.35. The van der Waals surface area contributed by atoms with E-state index >= 15 is 0 Å². The Labute approximate surface area is 333 Å². The molecular weight excluding hydrogens is 723 g/mol. The molecule has 0 aliphatic heterocycles. The van der Waals surface area contributed by atoms with Gasteiger partial charge in [-0.05, 0) is 105 Å². The van der Waals surface area contributed by atoms with Crippen molar-refractivity contribution in [2.24, 2.45) is 0 Å². The number of carbonyl (C=O) groups is 1. The average Bonchev–Trinajstić information content (AvgIpc) is 3.21. The van der Waals surface area contributed by atoms with Gasteiger partial charge in [0.15, 0.2) is 8.32 Å². The van der Waals surface area contributed by atoms with E-state index in [-0.39, 0.29) is 17.4 Å². The van der Waals surface area contributed by atoms with Crippen molar-refractivity contribution in [1.29, 1.82) is 0 Å². The highest BCUT2D eigenvalue weighted by atomic mass is 28.4. The summed E-state index contributed by atoms with van der Waals surface area (Å²) in [7, 11) is 1.29.